The van der Waals surface area contributed by atoms with Crippen LogP contribution in [0.3, 0.4) is 0 Å². The molecule has 194 valence electrons. The van der Waals surface area contributed by atoms with E-state index in [0.29, 0.717) is 22.0 Å². The lowest BCUT2D eigenvalue weighted by Gasteiger charge is -2.31. The number of nitrogens with zero attached hydrogens (tertiary/aromatic N) is 2. The van der Waals surface area contributed by atoms with E-state index in [-0.39, 0.29) is 42.3 Å². The Morgan fingerprint density at radius 1 is 1.19 bits per heavy atom. The van der Waals surface area contributed by atoms with Crippen molar-refractivity contribution in [1.82, 2.24) is 10.2 Å². The molecule has 2 amide bonds. The third-order valence-electron chi connectivity index (χ3n) is 6.15. The quantitative estimate of drug-likeness (QED) is 0.313. The Morgan fingerprint density at radius 3 is 2.53 bits per heavy atom. The summed E-state index contributed by atoms with van der Waals surface area (Å²) in [6, 6.07) is 8.31. The Bertz CT molecular complexity index is 1110. The predicted molar refractivity (Wildman–Crippen MR) is 137 cm³/mol. The van der Waals surface area contributed by atoms with Gasteiger partial charge in [0.1, 0.15) is 11.8 Å². The van der Waals surface area contributed by atoms with Crippen LogP contribution < -0.4 is 14.8 Å². The minimum Gasteiger partial charge on any atom is -0.490 e. The van der Waals surface area contributed by atoms with E-state index in [1.54, 1.807) is 18.2 Å². The van der Waals surface area contributed by atoms with Crippen LogP contribution in [0.1, 0.15) is 44.6 Å². The highest BCUT2D eigenvalue weighted by Gasteiger charge is 2.31. The van der Waals surface area contributed by atoms with Gasteiger partial charge < -0.3 is 19.7 Å². The van der Waals surface area contributed by atoms with Crippen molar-refractivity contribution in [3.05, 3.63) is 62.1 Å². The highest BCUT2D eigenvalue weighted by molar-refractivity contribution is 6.35. The van der Waals surface area contributed by atoms with Crippen LogP contribution in [-0.4, -0.2) is 47.4 Å². The summed E-state index contributed by atoms with van der Waals surface area (Å²) in [5.41, 5.74) is 0.420. The molecule has 3 rings (SSSR count). The number of carbonyl (C=O) groups excluding carboxylic acids is 2. The zero-order valence-electron chi connectivity index (χ0n) is 20.2. The molecule has 0 radical (unpaired) electrons. The molecular weight excluding hydrogens is 509 g/mol. The first-order valence-corrected chi connectivity index (χ1v) is 12.5. The van der Waals surface area contributed by atoms with Gasteiger partial charge in [-0.3, -0.25) is 19.7 Å². The maximum absolute atomic E-state index is 13.4. The van der Waals surface area contributed by atoms with Crippen molar-refractivity contribution in [2.24, 2.45) is 0 Å². The molecule has 0 bridgehead atoms. The molecule has 0 aliphatic heterocycles. The van der Waals surface area contributed by atoms with Crippen molar-refractivity contribution in [2.45, 2.75) is 57.7 Å². The fourth-order valence-electron chi connectivity index (χ4n) is 4.25. The van der Waals surface area contributed by atoms with E-state index >= 15 is 0 Å². The molecule has 1 fully saturated rings. The van der Waals surface area contributed by atoms with Crippen molar-refractivity contribution in [3.63, 3.8) is 0 Å². The molecule has 0 spiro atoms. The molecule has 0 unspecified atom stereocenters. The zero-order chi connectivity index (χ0) is 26.2. The average Bonchev–Trinajstić information content (AvgIpc) is 3.36. The molecule has 2 aromatic rings. The summed E-state index contributed by atoms with van der Waals surface area (Å²) in [5, 5.41) is 15.0. The molecule has 9 nitrogen and oxygen atoms in total. The van der Waals surface area contributed by atoms with Gasteiger partial charge in [0.25, 0.3) is 5.91 Å². The molecule has 1 N–H and O–H groups in total. The maximum Gasteiger partial charge on any atom is 0.311 e. The number of benzene rings is 2. The second kappa shape index (κ2) is 12.8. The molecule has 0 aromatic heterocycles. The van der Waals surface area contributed by atoms with Gasteiger partial charge in [0.15, 0.2) is 6.61 Å². The summed E-state index contributed by atoms with van der Waals surface area (Å²) in [4.78, 5) is 38.6. The standard InChI is InChI=1S/C25H29Cl2N3O6/c1-3-21(25(32)28-18-6-4-5-7-18)29(14-16-8-9-17(26)12-20(16)27)24(31)15-36-19-10-11-22(30(33)34)23(13-19)35-2/h8-13,18,21H,3-7,14-15H2,1-2H3,(H,28,32)/t21-/m0/s1. The Balaban J connectivity index is 1.81. The lowest BCUT2D eigenvalue weighted by Crippen LogP contribution is -2.52. The van der Waals surface area contributed by atoms with Gasteiger partial charge in [-0.1, -0.05) is 49.0 Å². The third-order valence-corrected chi connectivity index (χ3v) is 6.74. The van der Waals surface area contributed by atoms with Crippen LogP contribution in [0, 0.1) is 10.1 Å². The SMILES string of the molecule is CC[C@@H](C(=O)NC1CCCC1)N(Cc1ccc(Cl)cc1Cl)C(=O)COc1ccc([N+](=O)[O-])c(OC)c1. The van der Waals surface area contributed by atoms with Gasteiger partial charge in [0.2, 0.25) is 11.7 Å². The van der Waals surface area contributed by atoms with Gasteiger partial charge in [-0.2, -0.15) is 0 Å². The number of nitrogens with one attached hydrogen (secondary N) is 1. The molecule has 1 atom stereocenters. The Labute approximate surface area is 219 Å². The molecule has 2 aromatic carbocycles. The highest BCUT2D eigenvalue weighted by atomic mass is 35.5. The lowest BCUT2D eigenvalue weighted by molar-refractivity contribution is -0.385. The fourth-order valence-corrected chi connectivity index (χ4v) is 4.72. The number of nitro benzene ring substituents is 1. The van der Waals surface area contributed by atoms with Gasteiger partial charge in [-0.25, -0.2) is 0 Å². The predicted octanol–water partition coefficient (Wildman–Crippen LogP) is 5.16. The molecule has 1 aliphatic rings. The number of rotatable bonds is 11. The van der Waals surface area contributed by atoms with Crippen molar-refractivity contribution in [2.75, 3.05) is 13.7 Å². The smallest absolute Gasteiger partial charge is 0.311 e. The van der Waals surface area contributed by atoms with Crippen LogP contribution in [0.5, 0.6) is 11.5 Å². The van der Waals surface area contributed by atoms with E-state index in [0.717, 1.165) is 25.7 Å². The van der Waals surface area contributed by atoms with Crippen molar-refractivity contribution in [3.8, 4) is 11.5 Å². The summed E-state index contributed by atoms with van der Waals surface area (Å²) in [7, 11) is 1.31. The first kappa shape index (κ1) is 27.5. The van der Waals surface area contributed by atoms with Crippen LogP contribution in [-0.2, 0) is 16.1 Å². The van der Waals surface area contributed by atoms with Crippen molar-refractivity contribution < 1.29 is 24.0 Å². The molecule has 11 heteroatoms. The van der Waals surface area contributed by atoms with E-state index in [4.69, 9.17) is 32.7 Å². The van der Waals surface area contributed by atoms with Gasteiger partial charge in [0.05, 0.1) is 12.0 Å². The van der Waals surface area contributed by atoms with Crippen LogP contribution >= 0.6 is 23.2 Å². The monoisotopic (exact) mass is 537 g/mol. The van der Waals surface area contributed by atoms with E-state index in [1.807, 2.05) is 6.92 Å². The first-order chi connectivity index (χ1) is 17.2. The maximum atomic E-state index is 13.4. The Hall–Kier alpha value is -3.04. The van der Waals surface area contributed by atoms with E-state index in [2.05, 4.69) is 5.32 Å². The topological polar surface area (TPSA) is 111 Å². The molecule has 0 saturated heterocycles. The van der Waals surface area contributed by atoms with Crippen LogP contribution in [0.2, 0.25) is 10.0 Å². The molecule has 0 heterocycles. The largest absolute Gasteiger partial charge is 0.490 e. The summed E-state index contributed by atoms with van der Waals surface area (Å²) in [6.45, 7) is 1.53. The minimum absolute atomic E-state index is 0.0112. The van der Waals surface area contributed by atoms with Gasteiger partial charge in [0, 0.05) is 34.8 Å². The second-order valence-electron chi connectivity index (χ2n) is 8.55. The van der Waals surface area contributed by atoms with Gasteiger partial charge in [-0.05, 0) is 43.0 Å². The zero-order valence-corrected chi connectivity index (χ0v) is 21.7. The van der Waals surface area contributed by atoms with Crippen LogP contribution in [0.4, 0.5) is 5.69 Å². The molecular formula is C25H29Cl2N3O6. The Morgan fingerprint density at radius 2 is 1.92 bits per heavy atom. The summed E-state index contributed by atoms with van der Waals surface area (Å²) >= 11 is 12.4. The molecule has 1 saturated carbocycles. The number of hydrogen-bond acceptors (Lipinski definition) is 6. The lowest BCUT2D eigenvalue weighted by atomic mass is 10.1. The van der Waals surface area contributed by atoms with Gasteiger partial charge in [-0.15, -0.1) is 0 Å². The Kier molecular flexibility index (Phi) is 9.78. The number of hydrogen-bond donors (Lipinski definition) is 1. The van der Waals surface area contributed by atoms with E-state index in [9.17, 15) is 19.7 Å². The van der Waals surface area contributed by atoms with Crippen LogP contribution in [0.25, 0.3) is 0 Å². The molecule has 1 aliphatic carbocycles. The number of carbonyl (C=O) groups is 2. The number of amides is 2. The number of ether oxygens (including phenoxy) is 2. The summed E-state index contributed by atoms with van der Waals surface area (Å²) < 4.78 is 10.7. The highest BCUT2D eigenvalue weighted by Crippen LogP contribution is 2.31. The number of methoxy groups -OCH3 is 1. The van der Waals surface area contributed by atoms with E-state index < -0.39 is 16.9 Å². The van der Waals surface area contributed by atoms with Crippen molar-refractivity contribution in [1.29, 1.82) is 0 Å². The number of nitro groups is 1. The molecule has 36 heavy (non-hydrogen) atoms. The number of halogens is 2. The minimum atomic E-state index is -0.736. The summed E-state index contributed by atoms with van der Waals surface area (Å²) in [5.74, 6) is -0.428. The van der Waals surface area contributed by atoms with E-state index in [1.165, 1.54) is 30.2 Å². The van der Waals surface area contributed by atoms with Crippen molar-refractivity contribution >= 4 is 40.7 Å². The second-order valence-corrected chi connectivity index (χ2v) is 9.39. The fraction of sp³-hybridized carbons (Fsp3) is 0.440. The third kappa shape index (κ3) is 7.01. The van der Waals surface area contributed by atoms with Gasteiger partial charge >= 0.3 is 5.69 Å². The average molecular weight is 538 g/mol. The summed E-state index contributed by atoms with van der Waals surface area (Å²) in [6.07, 6.45) is 4.36. The normalized spacial score (nSPS) is 14.2. The van der Waals surface area contributed by atoms with Crippen LogP contribution in [0.15, 0.2) is 36.4 Å². The first-order valence-electron chi connectivity index (χ1n) is 11.7.